The molecule has 5 rings (SSSR count). The highest BCUT2D eigenvalue weighted by atomic mass is 32.2. The zero-order valence-electron chi connectivity index (χ0n) is 26.5. The van der Waals surface area contributed by atoms with Gasteiger partial charge in [-0.15, -0.1) is 0 Å². The number of carbonyl (C=O) groups is 3. The molecule has 3 amide bonds. The van der Waals surface area contributed by atoms with Gasteiger partial charge in [-0.25, -0.2) is 23.2 Å². The third-order valence-electron chi connectivity index (χ3n) is 7.51. The van der Waals surface area contributed by atoms with Crippen molar-refractivity contribution in [2.45, 2.75) is 63.6 Å². The molecule has 1 atom stereocenters. The summed E-state index contributed by atoms with van der Waals surface area (Å²) in [5, 5.41) is 6.29. The third kappa shape index (κ3) is 7.15. The van der Waals surface area contributed by atoms with Gasteiger partial charge >= 0.3 is 6.09 Å². The Kier molecular flexibility index (Phi) is 8.56. The third-order valence-corrected chi connectivity index (χ3v) is 8.75. The quantitative estimate of drug-likeness (QED) is 0.298. The zero-order chi connectivity index (χ0) is 33.4. The normalized spacial score (nSPS) is 16.8. The van der Waals surface area contributed by atoms with Crippen LogP contribution < -0.4 is 15.5 Å². The molecule has 46 heavy (non-hydrogen) atoms. The molecule has 4 heterocycles. The van der Waals surface area contributed by atoms with E-state index in [1.165, 1.54) is 6.07 Å². The van der Waals surface area contributed by atoms with Crippen LogP contribution in [-0.2, 0) is 25.9 Å². The van der Waals surface area contributed by atoms with E-state index in [1.54, 1.807) is 82.1 Å². The van der Waals surface area contributed by atoms with E-state index in [0.29, 0.717) is 46.9 Å². The first-order chi connectivity index (χ1) is 21.5. The van der Waals surface area contributed by atoms with Crippen LogP contribution in [0.15, 0.2) is 65.7 Å². The van der Waals surface area contributed by atoms with Gasteiger partial charge in [-0.05, 0) is 89.1 Å². The van der Waals surface area contributed by atoms with Crippen molar-refractivity contribution in [3.63, 3.8) is 0 Å². The number of nitrogens with zero attached hydrogens (tertiary/aromatic N) is 4. The van der Waals surface area contributed by atoms with E-state index in [1.807, 2.05) is 12.1 Å². The lowest BCUT2D eigenvalue weighted by atomic mass is 10.0. The Balaban J connectivity index is 1.31. The number of fused-ring (bicyclic) bond motifs is 1. The van der Waals surface area contributed by atoms with E-state index < -0.39 is 33.0 Å². The molecule has 12 nitrogen and oxygen atoms in total. The minimum absolute atomic E-state index is 0.101. The molecule has 1 aromatic carbocycles. The Hall–Kier alpha value is -4.91. The molecule has 0 spiro atoms. The number of nitrogens with one attached hydrogen (secondary N) is 2. The maximum atomic E-state index is 13.4. The predicted molar refractivity (Wildman–Crippen MR) is 173 cm³/mol. The molecule has 240 valence electrons. The monoisotopic (exact) mass is 644 g/mol. The summed E-state index contributed by atoms with van der Waals surface area (Å²) in [5.41, 5.74) is 1.29. The number of carbonyl (C=O) groups excluding carboxylic acids is 3. The van der Waals surface area contributed by atoms with Gasteiger partial charge in [0, 0.05) is 29.9 Å². The van der Waals surface area contributed by atoms with Gasteiger partial charge in [0.2, 0.25) is 0 Å². The molecule has 0 aliphatic carbocycles. The van der Waals surface area contributed by atoms with Crippen molar-refractivity contribution in [2.75, 3.05) is 17.7 Å². The summed E-state index contributed by atoms with van der Waals surface area (Å²) in [6.07, 6.45) is 2.50. The number of rotatable bonds is 7. The standard InChI is InChI=1S/C33H36N6O6S/c1-20-10-11-21(16-27(20)46(6,43)44)29(40)35-19-23-17-26-22(18-34-23)12-13-25(36-26)24-8-7-9-28(37-24)39-15-14-33(5,30(39)41)38-31(42)45-32(2,3)4/h7-13,16-18H,14-15,19H2,1-6H3,(H,35,40)(H,38,42). The first kappa shape index (κ1) is 32.5. The van der Waals surface area contributed by atoms with E-state index >= 15 is 0 Å². The number of hydrogen-bond acceptors (Lipinski definition) is 9. The first-order valence-corrected chi connectivity index (χ1v) is 16.6. The van der Waals surface area contributed by atoms with Crippen LogP contribution in [0.2, 0.25) is 0 Å². The van der Waals surface area contributed by atoms with Crippen LogP contribution >= 0.6 is 0 Å². The predicted octanol–water partition coefficient (Wildman–Crippen LogP) is 4.35. The van der Waals surface area contributed by atoms with Crippen molar-refractivity contribution in [1.29, 1.82) is 0 Å². The minimum Gasteiger partial charge on any atom is -0.444 e. The summed E-state index contributed by atoms with van der Waals surface area (Å²) < 4.78 is 29.5. The minimum atomic E-state index is -3.48. The van der Waals surface area contributed by atoms with Crippen LogP contribution in [0.3, 0.4) is 0 Å². The molecule has 2 N–H and O–H groups in total. The van der Waals surface area contributed by atoms with Gasteiger partial charge < -0.3 is 15.4 Å². The number of aryl methyl sites for hydroxylation is 1. The number of sulfone groups is 1. The van der Waals surface area contributed by atoms with E-state index in [9.17, 15) is 22.8 Å². The summed E-state index contributed by atoms with van der Waals surface area (Å²) in [7, 11) is -3.48. The Labute approximate surface area is 267 Å². The molecule has 0 saturated carbocycles. The topological polar surface area (TPSA) is 161 Å². The smallest absolute Gasteiger partial charge is 0.408 e. The fourth-order valence-electron chi connectivity index (χ4n) is 5.13. The maximum Gasteiger partial charge on any atom is 0.408 e. The van der Waals surface area contributed by atoms with Crippen LogP contribution in [-0.4, -0.2) is 65.2 Å². The van der Waals surface area contributed by atoms with Gasteiger partial charge in [0.05, 0.1) is 34.0 Å². The van der Waals surface area contributed by atoms with Crippen LogP contribution in [0.25, 0.3) is 22.3 Å². The average molecular weight is 645 g/mol. The Bertz CT molecular complexity index is 1970. The van der Waals surface area contributed by atoms with E-state index in [-0.39, 0.29) is 22.9 Å². The van der Waals surface area contributed by atoms with Crippen molar-refractivity contribution in [1.82, 2.24) is 25.6 Å². The highest BCUT2D eigenvalue weighted by molar-refractivity contribution is 7.90. The number of ether oxygens (including phenoxy) is 1. The second-order valence-corrected chi connectivity index (χ2v) is 14.5. The van der Waals surface area contributed by atoms with Gasteiger partial charge in [0.15, 0.2) is 9.84 Å². The average Bonchev–Trinajstić information content (AvgIpc) is 3.27. The lowest BCUT2D eigenvalue weighted by molar-refractivity contribution is -0.122. The molecule has 13 heteroatoms. The van der Waals surface area contributed by atoms with Crippen molar-refractivity contribution in [2.24, 2.45) is 0 Å². The molecular weight excluding hydrogens is 608 g/mol. The fraction of sp³-hybridized carbons (Fsp3) is 0.333. The molecule has 1 aliphatic heterocycles. The van der Waals surface area contributed by atoms with Crippen LogP contribution in [0.4, 0.5) is 10.6 Å². The van der Waals surface area contributed by atoms with Gasteiger partial charge in [-0.3, -0.25) is 19.5 Å². The molecule has 1 fully saturated rings. The van der Waals surface area contributed by atoms with Crippen LogP contribution in [0.5, 0.6) is 0 Å². The highest BCUT2D eigenvalue weighted by Crippen LogP contribution is 2.29. The van der Waals surface area contributed by atoms with Gasteiger partial charge in [-0.2, -0.15) is 0 Å². The van der Waals surface area contributed by atoms with Gasteiger partial charge in [0.1, 0.15) is 17.0 Å². The number of benzene rings is 1. The van der Waals surface area contributed by atoms with Crippen LogP contribution in [0.1, 0.15) is 55.7 Å². The lowest BCUT2D eigenvalue weighted by Gasteiger charge is -2.27. The van der Waals surface area contributed by atoms with E-state index in [0.717, 1.165) is 11.6 Å². The summed E-state index contributed by atoms with van der Waals surface area (Å²) in [5.74, 6) is -0.277. The van der Waals surface area contributed by atoms with Crippen molar-refractivity contribution in [3.8, 4) is 11.4 Å². The van der Waals surface area contributed by atoms with Crippen molar-refractivity contribution >= 4 is 44.5 Å². The molecule has 3 aromatic heterocycles. The molecule has 0 radical (unpaired) electrons. The summed E-state index contributed by atoms with van der Waals surface area (Å²) in [6.45, 7) is 9.10. The fourth-order valence-corrected chi connectivity index (χ4v) is 6.13. The number of anilines is 1. The maximum absolute atomic E-state index is 13.4. The SMILES string of the molecule is Cc1ccc(C(=O)NCc2cc3nc(-c4cccc(N5CCC(C)(NC(=O)OC(C)(C)C)C5=O)n4)ccc3cn2)cc1S(C)(=O)=O. The largest absolute Gasteiger partial charge is 0.444 e. The number of hydrogen-bond donors (Lipinski definition) is 2. The number of amides is 3. The molecule has 1 aliphatic rings. The van der Waals surface area contributed by atoms with E-state index in [4.69, 9.17) is 14.7 Å². The summed E-state index contributed by atoms with van der Waals surface area (Å²) in [6, 6.07) is 15.3. The highest BCUT2D eigenvalue weighted by Gasteiger charge is 2.45. The van der Waals surface area contributed by atoms with Crippen LogP contribution in [0, 0.1) is 6.92 Å². The second-order valence-electron chi connectivity index (χ2n) is 12.5. The van der Waals surface area contributed by atoms with Crippen molar-refractivity contribution < 1.29 is 27.5 Å². The first-order valence-electron chi connectivity index (χ1n) is 14.7. The van der Waals surface area contributed by atoms with Gasteiger partial charge in [0.25, 0.3) is 11.8 Å². The summed E-state index contributed by atoms with van der Waals surface area (Å²) >= 11 is 0. The second kappa shape index (κ2) is 12.1. The Morgan fingerprint density at radius 2 is 1.78 bits per heavy atom. The van der Waals surface area contributed by atoms with Gasteiger partial charge in [-0.1, -0.05) is 12.1 Å². The molecule has 4 aromatic rings. The zero-order valence-corrected chi connectivity index (χ0v) is 27.4. The van der Waals surface area contributed by atoms with E-state index in [2.05, 4.69) is 15.6 Å². The summed E-state index contributed by atoms with van der Waals surface area (Å²) in [4.78, 5) is 54.2. The van der Waals surface area contributed by atoms with Crippen molar-refractivity contribution in [3.05, 3.63) is 77.6 Å². The lowest BCUT2D eigenvalue weighted by Crippen LogP contribution is -2.53. The number of pyridine rings is 3. The Morgan fingerprint density at radius 1 is 1.04 bits per heavy atom. The Morgan fingerprint density at radius 3 is 2.50 bits per heavy atom. The molecule has 1 unspecified atom stereocenters. The molecule has 1 saturated heterocycles. The molecule has 0 bridgehead atoms. The number of alkyl carbamates (subject to hydrolysis) is 1. The number of aromatic nitrogens is 3. The molecular formula is C33H36N6O6S.